The van der Waals surface area contributed by atoms with Gasteiger partial charge in [-0.2, -0.15) is 0 Å². The summed E-state index contributed by atoms with van der Waals surface area (Å²) in [5.74, 6) is -3.04. The third-order valence-corrected chi connectivity index (χ3v) is 3.50. The number of anilines is 3. The molecule has 5 N–H and O–H groups in total. The molecule has 116 valence electrons. The first kappa shape index (κ1) is 15.3. The molecular weight excluding hydrogens is 278 g/mol. The Balaban J connectivity index is 2.17. The van der Waals surface area contributed by atoms with E-state index in [2.05, 4.69) is 16.0 Å². The lowest BCUT2D eigenvalue weighted by Gasteiger charge is -2.35. The minimum atomic E-state index is -2.66. The smallest absolute Gasteiger partial charge is 0.253 e. The number of nitrogens with two attached hydrogens (primary N) is 1. The van der Waals surface area contributed by atoms with Gasteiger partial charge >= 0.3 is 0 Å². The molecule has 1 fully saturated rings. The van der Waals surface area contributed by atoms with Crippen LogP contribution in [-0.2, 0) is 0 Å². The molecule has 0 unspecified atom stereocenters. The number of benzene rings is 1. The molecule has 1 aliphatic carbocycles. The van der Waals surface area contributed by atoms with Gasteiger partial charge in [0.25, 0.3) is 11.8 Å². The number of alkyl halides is 2. The van der Waals surface area contributed by atoms with Crippen LogP contribution in [0.4, 0.5) is 25.8 Å². The average Bonchev–Trinajstić information content (AvgIpc) is 2.38. The highest BCUT2D eigenvalue weighted by molar-refractivity contribution is 6.02. The molecule has 1 amide bonds. The fraction of sp³-hybridized carbons (Fsp3) is 0.500. The quantitative estimate of drug-likeness (QED) is 0.629. The van der Waals surface area contributed by atoms with Gasteiger partial charge in [-0.1, -0.05) is 0 Å². The lowest BCUT2D eigenvalue weighted by atomic mass is 9.88. The first-order valence-corrected chi connectivity index (χ1v) is 6.90. The molecular formula is C14H20F2N4O. The largest absolute Gasteiger partial charge is 0.397 e. The lowest BCUT2D eigenvalue weighted by Crippen LogP contribution is -2.50. The van der Waals surface area contributed by atoms with Crippen molar-refractivity contribution in [2.75, 3.05) is 30.0 Å². The van der Waals surface area contributed by atoms with Crippen LogP contribution in [0.15, 0.2) is 12.1 Å². The van der Waals surface area contributed by atoms with Crippen LogP contribution in [0.5, 0.6) is 0 Å². The molecule has 0 atom stereocenters. The molecule has 0 heterocycles. The van der Waals surface area contributed by atoms with Crippen molar-refractivity contribution in [1.29, 1.82) is 0 Å². The second kappa shape index (κ2) is 5.75. The van der Waals surface area contributed by atoms with E-state index in [9.17, 15) is 13.6 Å². The second-order valence-electron chi connectivity index (χ2n) is 5.20. The summed E-state index contributed by atoms with van der Waals surface area (Å²) in [5.41, 5.74) is 7.99. The molecule has 5 nitrogen and oxygen atoms in total. The van der Waals surface area contributed by atoms with Crippen molar-refractivity contribution in [3.8, 4) is 0 Å². The highest BCUT2D eigenvalue weighted by Crippen LogP contribution is 2.37. The van der Waals surface area contributed by atoms with Crippen LogP contribution in [0.2, 0.25) is 0 Å². The number of amides is 1. The summed E-state index contributed by atoms with van der Waals surface area (Å²) in [7, 11) is 1.73. The molecule has 1 aromatic rings. The normalized spacial score (nSPS) is 17.0. The van der Waals surface area contributed by atoms with Gasteiger partial charge in [0.05, 0.1) is 16.9 Å². The van der Waals surface area contributed by atoms with Crippen molar-refractivity contribution < 1.29 is 13.6 Å². The minimum Gasteiger partial charge on any atom is -0.397 e. The number of carbonyl (C=O) groups is 1. The van der Waals surface area contributed by atoms with Gasteiger partial charge in [0.2, 0.25) is 0 Å². The Bertz CT molecular complexity index is 540. The summed E-state index contributed by atoms with van der Waals surface area (Å²) in [4.78, 5) is 12.2. The van der Waals surface area contributed by atoms with E-state index in [1.54, 1.807) is 19.2 Å². The molecule has 21 heavy (non-hydrogen) atoms. The van der Waals surface area contributed by atoms with E-state index in [1.807, 2.05) is 6.92 Å². The zero-order valence-corrected chi connectivity index (χ0v) is 12.1. The molecule has 1 saturated carbocycles. The molecule has 0 saturated heterocycles. The summed E-state index contributed by atoms with van der Waals surface area (Å²) >= 11 is 0. The van der Waals surface area contributed by atoms with Gasteiger partial charge in [0, 0.05) is 38.2 Å². The molecule has 0 aromatic heterocycles. The summed E-state index contributed by atoms with van der Waals surface area (Å²) in [6, 6.07) is 2.81. The van der Waals surface area contributed by atoms with Crippen LogP contribution in [0.1, 0.15) is 30.1 Å². The number of nitrogens with one attached hydrogen (secondary N) is 3. The topological polar surface area (TPSA) is 79.2 Å². The van der Waals surface area contributed by atoms with Crippen LogP contribution in [0.25, 0.3) is 0 Å². The number of nitrogen functional groups attached to an aromatic ring is 1. The third-order valence-electron chi connectivity index (χ3n) is 3.50. The molecule has 1 aliphatic rings. The number of hydrogen-bond acceptors (Lipinski definition) is 4. The molecule has 0 bridgehead atoms. The molecule has 0 aliphatic heterocycles. The maximum absolute atomic E-state index is 12.8. The van der Waals surface area contributed by atoms with Crippen molar-refractivity contribution in [2.24, 2.45) is 0 Å². The molecule has 7 heteroatoms. The van der Waals surface area contributed by atoms with Gasteiger partial charge < -0.3 is 21.7 Å². The van der Waals surface area contributed by atoms with E-state index in [-0.39, 0.29) is 18.7 Å². The summed E-state index contributed by atoms with van der Waals surface area (Å²) in [6.45, 7) is 2.54. The SMILES string of the molecule is CCNc1cc(NC)c(N)cc1C(=O)NC1CC(F)(F)C1. The first-order chi connectivity index (χ1) is 9.86. The first-order valence-electron chi connectivity index (χ1n) is 6.90. The number of halogens is 2. The Morgan fingerprint density at radius 1 is 1.38 bits per heavy atom. The van der Waals surface area contributed by atoms with E-state index in [0.29, 0.717) is 29.2 Å². The maximum Gasteiger partial charge on any atom is 0.253 e. The van der Waals surface area contributed by atoms with Gasteiger partial charge in [-0.25, -0.2) is 8.78 Å². The van der Waals surface area contributed by atoms with Crippen molar-refractivity contribution in [2.45, 2.75) is 31.7 Å². The van der Waals surface area contributed by atoms with Crippen molar-refractivity contribution >= 4 is 23.0 Å². The molecule has 2 rings (SSSR count). The Morgan fingerprint density at radius 3 is 2.57 bits per heavy atom. The van der Waals surface area contributed by atoms with Gasteiger partial charge in [-0.3, -0.25) is 4.79 Å². The average molecular weight is 298 g/mol. The monoisotopic (exact) mass is 298 g/mol. The second-order valence-corrected chi connectivity index (χ2v) is 5.20. The van der Waals surface area contributed by atoms with Crippen LogP contribution in [0, 0.1) is 0 Å². The minimum absolute atomic E-state index is 0.306. The predicted octanol–water partition coefficient (Wildman–Crippen LogP) is 2.27. The summed E-state index contributed by atoms with van der Waals surface area (Å²) in [5, 5.41) is 8.64. The highest BCUT2D eigenvalue weighted by Gasteiger charge is 2.46. The fourth-order valence-corrected chi connectivity index (χ4v) is 2.38. The van der Waals surface area contributed by atoms with Gasteiger partial charge in [0.15, 0.2) is 0 Å². The summed E-state index contributed by atoms with van der Waals surface area (Å²) < 4.78 is 25.6. The van der Waals surface area contributed by atoms with Gasteiger partial charge in [-0.15, -0.1) is 0 Å². The van der Waals surface area contributed by atoms with E-state index in [4.69, 9.17) is 5.73 Å². The van der Waals surface area contributed by atoms with Crippen molar-refractivity contribution in [3.63, 3.8) is 0 Å². The molecule has 0 spiro atoms. The molecule has 0 radical (unpaired) electrons. The Hall–Kier alpha value is -2.05. The Morgan fingerprint density at radius 2 is 2.05 bits per heavy atom. The Kier molecular flexibility index (Phi) is 4.20. The lowest BCUT2D eigenvalue weighted by molar-refractivity contribution is -0.0901. The van der Waals surface area contributed by atoms with Crippen LogP contribution in [-0.4, -0.2) is 31.5 Å². The van der Waals surface area contributed by atoms with Crippen LogP contribution >= 0.6 is 0 Å². The Labute approximate surface area is 122 Å². The number of carbonyl (C=O) groups excluding carboxylic acids is 1. The zero-order chi connectivity index (χ0) is 15.6. The maximum atomic E-state index is 12.8. The third kappa shape index (κ3) is 3.34. The zero-order valence-electron chi connectivity index (χ0n) is 12.1. The predicted molar refractivity (Wildman–Crippen MR) is 80.0 cm³/mol. The fourth-order valence-electron chi connectivity index (χ4n) is 2.38. The van der Waals surface area contributed by atoms with E-state index < -0.39 is 12.0 Å². The van der Waals surface area contributed by atoms with Crippen molar-refractivity contribution in [1.82, 2.24) is 5.32 Å². The van der Waals surface area contributed by atoms with Gasteiger partial charge in [0.1, 0.15) is 0 Å². The highest BCUT2D eigenvalue weighted by atomic mass is 19.3. The van der Waals surface area contributed by atoms with Gasteiger partial charge in [-0.05, 0) is 19.1 Å². The van der Waals surface area contributed by atoms with E-state index >= 15 is 0 Å². The summed E-state index contributed by atoms with van der Waals surface area (Å²) in [6.07, 6.45) is -0.612. The molecule has 1 aromatic carbocycles. The standard InChI is InChI=1S/C14H20F2N4O/c1-3-19-11-5-12(18-2)10(17)4-9(11)13(21)20-8-6-14(15,16)7-8/h4-5,8,18-19H,3,6-7,17H2,1-2H3,(H,20,21). The van der Waals surface area contributed by atoms with E-state index in [0.717, 1.165) is 0 Å². The van der Waals surface area contributed by atoms with E-state index in [1.165, 1.54) is 0 Å². The van der Waals surface area contributed by atoms with Crippen molar-refractivity contribution in [3.05, 3.63) is 17.7 Å². The number of rotatable bonds is 5. The van der Waals surface area contributed by atoms with Crippen LogP contribution < -0.4 is 21.7 Å². The van der Waals surface area contributed by atoms with Crippen LogP contribution in [0.3, 0.4) is 0 Å². The number of hydrogen-bond donors (Lipinski definition) is 4.